The van der Waals surface area contributed by atoms with Crippen molar-refractivity contribution in [2.24, 2.45) is 0 Å². The molecule has 0 aliphatic heterocycles. The van der Waals surface area contributed by atoms with Crippen molar-refractivity contribution in [3.8, 4) is 0 Å². The Morgan fingerprint density at radius 3 is 1.57 bits per heavy atom. The molecule has 0 aromatic carbocycles. The first-order valence-corrected chi connectivity index (χ1v) is 0.765. The minimum Gasteiger partial charge on any atom is -0.328 e. The molecule has 0 saturated heterocycles. The van der Waals surface area contributed by atoms with Crippen molar-refractivity contribution in [1.29, 1.82) is 0 Å². The van der Waals surface area contributed by atoms with Crippen LogP contribution in [0.1, 0.15) is 1.43 Å². The quantitative estimate of drug-likeness (QED) is 0.193. The zero-order chi connectivity index (χ0) is 5.58. The number of hydrogen-bond acceptors (Lipinski definition) is 4. The molecule has 0 atom stereocenters. The maximum absolute atomic E-state index is 8.36. The molecule has 6 nitrogen and oxygen atoms in total. The zero-order valence-corrected chi connectivity index (χ0v) is 4.06. The average Bonchev–Trinajstić information content (AvgIpc) is 1.41. The molecule has 43 valence electrons. The topological polar surface area (TPSA) is 104 Å². The van der Waals surface area contributed by atoms with Gasteiger partial charge in [0.2, 0.25) is 0 Å². The van der Waals surface area contributed by atoms with E-state index in [1.54, 1.807) is 0 Å². The third-order valence-corrected chi connectivity index (χ3v) is 0. The van der Waals surface area contributed by atoms with Gasteiger partial charge in [-0.25, -0.2) is 0 Å². The van der Waals surface area contributed by atoms with Crippen LogP contribution in [0.3, 0.4) is 0 Å². The van der Waals surface area contributed by atoms with Crippen molar-refractivity contribution in [1.82, 2.24) is 0 Å². The van der Waals surface area contributed by atoms with Crippen LogP contribution in [0.25, 0.3) is 0 Å². The molecule has 1 radical (unpaired) electrons. The molecule has 0 unspecified atom stereocenters. The van der Waals surface area contributed by atoms with Gasteiger partial charge in [0.1, 0.15) is 0 Å². The molecule has 0 saturated carbocycles. The molecule has 0 bridgehead atoms. The molecule has 7 heavy (non-hydrogen) atoms. The first-order valence-electron chi connectivity index (χ1n) is 0.765. The molecular formula is H4FeNO5+4. The molecule has 0 aliphatic rings. The molecule has 0 heterocycles. The summed E-state index contributed by atoms with van der Waals surface area (Å²) in [6, 6.07) is 0. The summed E-state index contributed by atoms with van der Waals surface area (Å²) in [6.45, 7) is 0. The van der Waals surface area contributed by atoms with Crippen LogP contribution in [0.5, 0.6) is 0 Å². The summed E-state index contributed by atoms with van der Waals surface area (Å²) in [5.41, 5.74) is 0. The Hall–Kier alpha value is -0.361. The summed E-state index contributed by atoms with van der Waals surface area (Å²) >= 11 is 0. The number of nitrogens with zero attached hydrogens (tertiary/aromatic N) is 1. The standard InChI is InChI=1S/Fe.HNO3.H2O2/c;2-1(3)4;1-2/h;(H,2,3,4);1-2H/q+3;;/p+1. The van der Waals surface area contributed by atoms with Gasteiger partial charge in [0.25, 0.3) is 5.09 Å². The molecule has 0 aromatic rings. The molecule has 0 aliphatic carbocycles. The third-order valence-electron chi connectivity index (χ3n) is 0. The Morgan fingerprint density at radius 1 is 1.57 bits per heavy atom. The molecule has 0 aromatic heterocycles. The van der Waals surface area contributed by atoms with E-state index in [1.807, 2.05) is 0 Å². The Kier molecular flexibility index (Phi) is 39.7. The van der Waals surface area contributed by atoms with Gasteiger partial charge < -0.3 is 5.21 Å². The van der Waals surface area contributed by atoms with E-state index in [0.29, 0.717) is 0 Å². The van der Waals surface area contributed by atoms with Crippen LogP contribution in [0.4, 0.5) is 0 Å². The largest absolute Gasteiger partial charge is 3.00 e. The summed E-state index contributed by atoms with van der Waals surface area (Å²) in [5.74, 6) is 0. The fourth-order valence-electron chi connectivity index (χ4n) is 0. The van der Waals surface area contributed by atoms with E-state index >= 15 is 0 Å². The predicted octanol–water partition coefficient (Wildman–Crippen LogP) is -0.220. The van der Waals surface area contributed by atoms with Crippen LogP contribution in [0, 0.1) is 10.1 Å². The Bertz CT molecular complexity index is 35.4. The summed E-state index contributed by atoms with van der Waals surface area (Å²) in [6.07, 6.45) is 0. The minimum absolute atomic E-state index is 0. The van der Waals surface area contributed by atoms with Gasteiger partial charge in [-0.1, -0.05) is 0 Å². The minimum atomic E-state index is -1.50. The van der Waals surface area contributed by atoms with Crippen molar-refractivity contribution in [2.75, 3.05) is 0 Å². The van der Waals surface area contributed by atoms with E-state index in [2.05, 4.69) is 0 Å². The van der Waals surface area contributed by atoms with Crippen LogP contribution in [0.2, 0.25) is 0 Å². The van der Waals surface area contributed by atoms with Gasteiger partial charge in [0, 0.05) is 0 Å². The second-order valence-corrected chi connectivity index (χ2v) is 0.238. The van der Waals surface area contributed by atoms with Crippen LogP contribution in [0.15, 0.2) is 0 Å². The van der Waals surface area contributed by atoms with Gasteiger partial charge in [-0.2, -0.15) is 0 Å². The van der Waals surface area contributed by atoms with Crippen molar-refractivity contribution in [3.05, 3.63) is 10.1 Å². The van der Waals surface area contributed by atoms with E-state index in [9.17, 15) is 0 Å². The van der Waals surface area contributed by atoms with Crippen molar-refractivity contribution < 1.29 is 39.3 Å². The first-order chi connectivity index (χ1) is 2.73. The van der Waals surface area contributed by atoms with E-state index < -0.39 is 5.09 Å². The van der Waals surface area contributed by atoms with Crippen molar-refractivity contribution in [2.45, 2.75) is 0 Å². The molecule has 0 fully saturated rings. The fourth-order valence-corrected chi connectivity index (χ4v) is 0. The van der Waals surface area contributed by atoms with Gasteiger partial charge in [-0.15, -0.1) is 10.1 Å². The van der Waals surface area contributed by atoms with Crippen LogP contribution < -0.4 is 0 Å². The van der Waals surface area contributed by atoms with E-state index in [0.717, 1.165) is 0 Å². The Balaban J connectivity index is -0.0000000183. The number of rotatable bonds is 0. The van der Waals surface area contributed by atoms with Crippen molar-refractivity contribution >= 4 is 0 Å². The van der Waals surface area contributed by atoms with Gasteiger partial charge in [-0.05, 0) is 0 Å². The average molecular weight is 154 g/mol. The molecule has 7 heteroatoms. The van der Waals surface area contributed by atoms with Crippen LogP contribution >= 0.6 is 0 Å². The van der Waals surface area contributed by atoms with Crippen molar-refractivity contribution in [3.63, 3.8) is 0 Å². The molecule has 0 amide bonds. The molecule has 0 rings (SSSR count). The molecular weight excluding hydrogens is 150 g/mol. The SMILES string of the molecule is O=[N+]([O-])O.OO.[Fe+3].[H+]. The normalized spacial score (nSPS) is 4.29. The second kappa shape index (κ2) is 17.4. The smallest absolute Gasteiger partial charge is 0.328 e. The molecule has 0 spiro atoms. The molecule has 3 N–H and O–H groups in total. The van der Waals surface area contributed by atoms with Crippen LogP contribution in [-0.2, 0) is 17.1 Å². The first kappa shape index (κ1) is 15.9. The fraction of sp³-hybridized carbons (Fsp3) is 0. The van der Waals surface area contributed by atoms with E-state index in [1.165, 1.54) is 0 Å². The van der Waals surface area contributed by atoms with Gasteiger partial charge in [0.05, 0.1) is 0 Å². The predicted molar refractivity (Wildman–Crippen MR) is 15.2 cm³/mol. The summed E-state index contributed by atoms with van der Waals surface area (Å²) in [7, 11) is 0. The summed E-state index contributed by atoms with van der Waals surface area (Å²) < 4.78 is 0. The number of hydrogen-bond donors (Lipinski definition) is 3. The monoisotopic (exact) mass is 154 g/mol. The van der Waals surface area contributed by atoms with E-state index in [-0.39, 0.29) is 18.5 Å². The summed E-state index contributed by atoms with van der Waals surface area (Å²) in [4.78, 5) is 8.36. The third kappa shape index (κ3) is 575. The zero-order valence-electron chi connectivity index (χ0n) is 3.96. The van der Waals surface area contributed by atoms with Gasteiger partial charge in [-0.3, -0.25) is 10.5 Å². The van der Waals surface area contributed by atoms with Crippen LogP contribution in [-0.4, -0.2) is 20.8 Å². The van der Waals surface area contributed by atoms with E-state index in [4.69, 9.17) is 25.8 Å². The summed E-state index contributed by atoms with van der Waals surface area (Å²) in [5, 5.41) is 25.6. The second-order valence-electron chi connectivity index (χ2n) is 0.238. The Morgan fingerprint density at radius 2 is 1.57 bits per heavy atom. The van der Waals surface area contributed by atoms with Gasteiger partial charge >= 0.3 is 18.5 Å². The maximum Gasteiger partial charge on any atom is 3.00 e. The Labute approximate surface area is 50.4 Å². The van der Waals surface area contributed by atoms with Gasteiger partial charge in [0.15, 0.2) is 0 Å². The maximum atomic E-state index is 8.36.